The van der Waals surface area contributed by atoms with Crippen molar-refractivity contribution in [3.63, 3.8) is 0 Å². The molecule has 0 amide bonds. The SMILES string of the molecule is CC.CC.CC.CCC.CCC1CC1C. The minimum absolute atomic E-state index is 1.06. The van der Waals surface area contributed by atoms with Crippen LogP contribution >= 0.6 is 0 Å². The summed E-state index contributed by atoms with van der Waals surface area (Å²) in [5, 5.41) is 0. The topological polar surface area (TPSA) is 0 Å². The van der Waals surface area contributed by atoms with E-state index in [1.54, 1.807) is 0 Å². The molecule has 1 saturated carbocycles. The van der Waals surface area contributed by atoms with Crippen molar-refractivity contribution in [1.82, 2.24) is 0 Å². The molecule has 2 unspecified atom stereocenters. The van der Waals surface area contributed by atoms with E-state index >= 15 is 0 Å². The Morgan fingerprint density at radius 1 is 0.800 bits per heavy atom. The van der Waals surface area contributed by atoms with E-state index in [4.69, 9.17) is 0 Å². The monoisotopic (exact) mass is 218 g/mol. The quantitative estimate of drug-likeness (QED) is 0.468. The fraction of sp³-hybridized carbons (Fsp3) is 1.00. The van der Waals surface area contributed by atoms with Crippen LogP contribution in [0, 0.1) is 11.8 Å². The second-order valence-corrected chi connectivity index (χ2v) is 3.09. The van der Waals surface area contributed by atoms with E-state index in [-0.39, 0.29) is 0 Å². The van der Waals surface area contributed by atoms with Gasteiger partial charge in [-0.2, -0.15) is 0 Å². The fourth-order valence-electron chi connectivity index (χ4n) is 0.968. The molecule has 1 aliphatic rings. The Hall–Kier alpha value is 0. The molecule has 15 heavy (non-hydrogen) atoms. The molecular formula is C15H38. The molecule has 0 heterocycles. The first kappa shape index (κ1) is 24.3. The van der Waals surface area contributed by atoms with E-state index in [9.17, 15) is 0 Å². The highest BCUT2D eigenvalue weighted by Gasteiger charge is 2.29. The summed E-state index contributed by atoms with van der Waals surface area (Å²) in [7, 11) is 0. The molecule has 0 aromatic carbocycles. The van der Waals surface area contributed by atoms with Gasteiger partial charge < -0.3 is 0 Å². The zero-order chi connectivity index (χ0) is 13.3. The lowest BCUT2D eigenvalue weighted by atomic mass is 10.3. The minimum Gasteiger partial charge on any atom is -0.0683 e. The molecule has 0 nitrogen and oxygen atoms in total. The Balaban J connectivity index is -0.0000000585. The zero-order valence-corrected chi connectivity index (χ0v) is 13.3. The smallest absolute Gasteiger partial charge is 0.0388 e. The van der Waals surface area contributed by atoms with Crippen molar-refractivity contribution >= 4 is 0 Å². The van der Waals surface area contributed by atoms with E-state index in [0.29, 0.717) is 0 Å². The third-order valence-corrected chi connectivity index (χ3v) is 1.80. The maximum atomic E-state index is 2.33. The van der Waals surface area contributed by atoms with Crippen molar-refractivity contribution in [2.24, 2.45) is 11.8 Å². The number of hydrogen-bond donors (Lipinski definition) is 0. The van der Waals surface area contributed by atoms with Crippen LogP contribution in [0.3, 0.4) is 0 Å². The third-order valence-electron chi connectivity index (χ3n) is 1.80. The lowest BCUT2D eigenvalue weighted by Crippen LogP contribution is -1.68. The molecule has 2 atom stereocenters. The molecule has 0 spiro atoms. The van der Waals surface area contributed by atoms with Crippen molar-refractivity contribution in [2.75, 3.05) is 0 Å². The van der Waals surface area contributed by atoms with Crippen LogP contribution in [-0.2, 0) is 0 Å². The van der Waals surface area contributed by atoms with Gasteiger partial charge in [0.25, 0.3) is 0 Å². The Morgan fingerprint density at radius 3 is 1.00 bits per heavy atom. The fourth-order valence-corrected chi connectivity index (χ4v) is 0.968. The largest absolute Gasteiger partial charge is 0.0683 e. The molecule has 0 bridgehead atoms. The highest BCUT2D eigenvalue weighted by Crippen LogP contribution is 2.39. The van der Waals surface area contributed by atoms with Gasteiger partial charge in [0.15, 0.2) is 0 Å². The maximum absolute atomic E-state index is 2.33. The van der Waals surface area contributed by atoms with Crippen molar-refractivity contribution in [3.8, 4) is 0 Å². The molecule has 1 aliphatic carbocycles. The number of rotatable bonds is 1. The normalized spacial score (nSPS) is 19.6. The molecule has 0 heteroatoms. The van der Waals surface area contributed by atoms with Crippen LogP contribution in [0.1, 0.15) is 88.5 Å². The van der Waals surface area contributed by atoms with Gasteiger partial charge in [-0.05, 0) is 18.3 Å². The minimum atomic E-state index is 1.06. The van der Waals surface area contributed by atoms with Gasteiger partial charge in [0.1, 0.15) is 0 Å². The molecule has 0 saturated heterocycles. The lowest BCUT2D eigenvalue weighted by molar-refractivity contribution is 0.724. The predicted molar refractivity (Wildman–Crippen MR) is 77.6 cm³/mol. The van der Waals surface area contributed by atoms with Crippen LogP contribution in [-0.4, -0.2) is 0 Å². The van der Waals surface area contributed by atoms with E-state index in [2.05, 4.69) is 27.7 Å². The summed E-state index contributed by atoms with van der Waals surface area (Å²) in [5.74, 6) is 2.17. The number of hydrogen-bond acceptors (Lipinski definition) is 0. The van der Waals surface area contributed by atoms with Crippen molar-refractivity contribution in [3.05, 3.63) is 0 Å². The molecular weight excluding hydrogens is 180 g/mol. The van der Waals surface area contributed by atoms with E-state index < -0.39 is 0 Å². The molecule has 0 N–H and O–H groups in total. The average Bonchev–Trinajstić information content (AvgIpc) is 3.04. The first-order valence-electron chi connectivity index (χ1n) is 7.26. The highest BCUT2D eigenvalue weighted by molar-refractivity contribution is 4.80. The Kier molecular flexibility index (Phi) is 47.3. The Labute approximate surface area is 101 Å². The van der Waals surface area contributed by atoms with Crippen molar-refractivity contribution < 1.29 is 0 Å². The molecule has 0 aliphatic heterocycles. The van der Waals surface area contributed by atoms with E-state index in [1.165, 1.54) is 19.3 Å². The first-order chi connectivity index (χ1) is 7.26. The van der Waals surface area contributed by atoms with E-state index in [1.807, 2.05) is 41.5 Å². The van der Waals surface area contributed by atoms with Crippen molar-refractivity contribution in [2.45, 2.75) is 88.5 Å². The van der Waals surface area contributed by atoms with Gasteiger partial charge in [-0.25, -0.2) is 0 Å². The third kappa shape index (κ3) is 31.5. The van der Waals surface area contributed by atoms with Crippen molar-refractivity contribution in [1.29, 1.82) is 0 Å². The summed E-state index contributed by atoms with van der Waals surface area (Å²) in [6.45, 7) is 20.8. The molecule has 1 fully saturated rings. The van der Waals surface area contributed by atoms with Crippen LogP contribution in [0.5, 0.6) is 0 Å². The molecule has 1 rings (SSSR count). The van der Waals surface area contributed by atoms with Gasteiger partial charge in [-0.1, -0.05) is 82.1 Å². The summed E-state index contributed by atoms with van der Waals surface area (Å²) in [6, 6.07) is 0. The molecule has 0 aromatic heterocycles. The van der Waals surface area contributed by atoms with Gasteiger partial charge >= 0.3 is 0 Å². The van der Waals surface area contributed by atoms with Gasteiger partial charge in [0, 0.05) is 0 Å². The Bertz CT molecular complexity index is 55.1. The second-order valence-electron chi connectivity index (χ2n) is 3.09. The lowest BCUT2D eigenvalue weighted by Gasteiger charge is -1.79. The standard InChI is InChI=1S/C6H12.C3H8.3C2H6/c1-3-6-4-5(6)2;1-3-2;3*1-2/h5-6H,3-4H2,1-2H3;3H2,1-2H3;3*1-2H3. The maximum Gasteiger partial charge on any atom is -0.0388 e. The van der Waals surface area contributed by atoms with Crippen LogP contribution in [0.2, 0.25) is 0 Å². The van der Waals surface area contributed by atoms with Gasteiger partial charge in [0.05, 0.1) is 0 Å². The summed E-state index contributed by atoms with van der Waals surface area (Å²) in [4.78, 5) is 0. The molecule has 0 radical (unpaired) electrons. The summed E-state index contributed by atoms with van der Waals surface area (Å²) in [5.41, 5.74) is 0. The average molecular weight is 218 g/mol. The Morgan fingerprint density at radius 2 is 1.00 bits per heavy atom. The second kappa shape index (κ2) is 29.2. The van der Waals surface area contributed by atoms with Crippen LogP contribution < -0.4 is 0 Å². The molecule has 0 aromatic rings. The highest BCUT2D eigenvalue weighted by atomic mass is 14.3. The summed E-state index contributed by atoms with van der Waals surface area (Å²) >= 11 is 0. The summed E-state index contributed by atoms with van der Waals surface area (Å²) in [6.07, 6.45) is 4.15. The van der Waals surface area contributed by atoms with Gasteiger partial charge in [-0.15, -0.1) is 0 Å². The summed E-state index contributed by atoms with van der Waals surface area (Å²) < 4.78 is 0. The van der Waals surface area contributed by atoms with Crippen LogP contribution in [0.4, 0.5) is 0 Å². The van der Waals surface area contributed by atoms with Crippen LogP contribution in [0.15, 0.2) is 0 Å². The van der Waals surface area contributed by atoms with Crippen LogP contribution in [0.25, 0.3) is 0 Å². The first-order valence-corrected chi connectivity index (χ1v) is 7.26. The molecule has 98 valence electrons. The predicted octanol–water partition coefficient (Wildman–Crippen LogP) is 6.55. The van der Waals surface area contributed by atoms with Gasteiger partial charge in [0.2, 0.25) is 0 Å². The van der Waals surface area contributed by atoms with E-state index in [0.717, 1.165) is 11.8 Å². The van der Waals surface area contributed by atoms with Gasteiger partial charge in [-0.3, -0.25) is 0 Å². The zero-order valence-electron chi connectivity index (χ0n) is 13.3.